The summed E-state index contributed by atoms with van der Waals surface area (Å²) in [6, 6.07) is 12.1. The Morgan fingerprint density at radius 3 is 2.76 bits per heavy atom. The minimum absolute atomic E-state index is 0.325. The van der Waals surface area contributed by atoms with Crippen molar-refractivity contribution in [3.05, 3.63) is 66.4 Å². The van der Waals surface area contributed by atoms with Crippen molar-refractivity contribution < 1.29 is 8.78 Å². The second-order valence-electron chi connectivity index (χ2n) is 9.25. The first kappa shape index (κ1) is 23.1. The van der Waals surface area contributed by atoms with Gasteiger partial charge < -0.3 is 10.2 Å². The number of nitrogens with zero attached hydrogens (tertiary/aromatic N) is 7. The Morgan fingerprint density at radius 2 is 2.00 bits per heavy atom. The third kappa shape index (κ3) is 3.79. The molecule has 1 fully saturated rings. The van der Waals surface area contributed by atoms with Gasteiger partial charge in [0.1, 0.15) is 12.0 Å². The van der Waals surface area contributed by atoms with Crippen molar-refractivity contribution in [1.82, 2.24) is 29.5 Å². The second kappa shape index (κ2) is 8.94. The quantitative estimate of drug-likeness (QED) is 0.402. The number of piperidine rings is 1. The molecule has 0 amide bonds. The maximum atomic E-state index is 15.7. The highest BCUT2D eigenvalue weighted by Crippen LogP contribution is 2.38. The van der Waals surface area contributed by atoms with Crippen molar-refractivity contribution in [2.45, 2.75) is 18.6 Å². The molecule has 0 unspecified atom stereocenters. The van der Waals surface area contributed by atoms with Gasteiger partial charge in [-0.05, 0) is 31.7 Å². The van der Waals surface area contributed by atoms with E-state index >= 15 is 4.39 Å². The van der Waals surface area contributed by atoms with Gasteiger partial charge >= 0.3 is 0 Å². The van der Waals surface area contributed by atoms with E-state index < -0.39 is 12.0 Å². The molecular formula is C27H24F2N8. The van der Waals surface area contributed by atoms with Gasteiger partial charge in [-0.3, -0.25) is 9.08 Å². The van der Waals surface area contributed by atoms with E-state index in [9.17, 15) is 9.65 Å². The molecule has 1 aliphatic heterocycles. The number of rotatable bonds is 4. The van der Waals surface area contributed by atoms with Gasteiger partial charge in [0.05, 0.1) is 40.8 Å². The lowest BCUT2D eigenvalue weighted by Crippen LogP contribution is -2.51. The molecule has 1 saturated heterocycles. The van der Waals surface area contributed by atoms with Crippen molar-refractivity contribution in [2.75, 3.05) is 25.0 Å². The molecule has 3 aromatic heterocycles. The monoisotopic (exact) mass is 498 g/mol. The molecule has 0 saturated carbocycles. The second-order valence-corrected chi connectivity index (χ2v) is 9.25. The van der Waals surface area contributed by atoms with E-state index in [0.717, 1.165) is 10.9 Å². The number of likely N-dealkylation sites (N-methyl/N-ethyl adjacent to an activating group) is 1. The van der Waals surface area contributed by atoms with E-state index in [-0.39, 0.29) is 6.04 Å². The van der Waals surface area contributed by atoms with E-state index in [1.165, 1.54) is 6.07 Å². The molecular weight excluding hydrogens is 474 g/mol. The summed E-state index contributed by atoms with van der Waals surface area (Å²) in [4.78, 5) is 11.6. The lowest BCUT2D eigenvalue weighted by atomic mass is 10.0. The number of fused-ring (bicyclic) bond motifs is 2. The van der Waals surface area contributed by atoms with Crippen LogP contribution in [0.15, 0.2) is 55.0 Å². The normalized spacial score (nSPS) is 18.0. The standard InChI is InChI=1S/C27H24F2N8/c1-31-22-15-36(9-7-20(22)28)26-27-34-24(17-5-3-16(13-30)4-6-17)25(37(27)10-8-32-26)19-11-18-14-33-35(2)23(18)12-21(19)29/h3-6,8,10-12,14,20,22,31H,7,9,15H2,1-2H3/t20-,22+/m1/s1. The van der Waals surface area contributed by atoms with E-state index in [1.54, 1.807) is 55.6 Å². The molecule has 2 atom stereocenters. The molecule has 0 bridgehead atoms. The number of halogens is 2. The number of aryl methyl sites for hydroxylation is 1. The van der Waals surface area contributed by atoms with Gasteiger partial charge in [-0.1, -0.05) is 12.1 Å². The minimum atomic E-state index is -0.939. The summed E-state index contributed by atoms with van der Waals surface area (Å²) in [7, 11) is 3.53. The fourth-order valence-corrected chi connectivity index (χ4v) is 5.09. The Morgan fingerprint density at radius 1 is 1.19 bits per heavy atom. The molecule has 2 aromatic carbocycles. The van der Waals surface area contributed by atoms with Crippen LogP contribution in [0.5, 0.6) is 0 Å². The Labute approximate surface area is 211 Å². The summed E-state index contributed by atoms with van der Waals surface area (Å²) >= 11 is 0. The molecule has 0 spiro atoms. The van der Waals surface area contributed by atoms with Gasteiger partial charge in [0.25, 0.3) is 0 Å². The van der Waals surface area contributed by atoms with Crippen molar-refractivity contribution in [1.29, 1.82) is 5.26 Å². The zero-order chi connectivity index (χ0) is 25.7. The molecule has 0 aliphatic carbocycles. The molecule has 10 heteroatoms. The van der Waals surface area contributed by atoms with Crippen molar-refractivity contribution >= 4 is 22.4 Å². The molecule has 1 N–H and O–H groups in total. The lowest BCUT2D eigenvalue weighted by molar-refractivity contribution is 0.222. The zero-order valence-corrected chi connectivity index (χ0v) is 20.4. The summed E-state index contributed by atoms with van der Waals surface area (Å²) in [5.74, 6) is 0.207. The van der Waals surface area contributed by atoms with Crippen molar-refractivity contribution in [3.8, 4) is 28.6 Å². The van der Waals surface area contributed by atoms with E-state index in [4.69, 9.17) is 4.98 Å². The van der Waals surface area contributed by atoms with Crippen LogP contribution in [-0.2, 0) is 7.05 Å². The predicted molar refractivity (Wildman–Crippen MR) is 137 cm³/mol. The number of imidazole rings is 1. The van der Waals surface area contributed by atoms with Crippen LogP contribution in [-0.4, -0.2) is 56.5 Å². The Kier molecular flexibility index (Phi) is 5.57. The molecule has 5 aromatic rings. The molecule has 8 nitrogen and oxygen atoms in total. The van der Waals surface area contributed by atoms with E-state index in [1.807, 2.05) is 21.4 Å². The van der Waals surface area contributed by atoms with Crippen molar-refractivity contribution in [2.24, 2.45) is 7.05 Å². The van der Waals surface area contributed by atoms with Crippen LogP contribution >= 0.6 is 0 Å². The number of anilines is 1. The third-order valence-electron chi connectivity index (χ3n) is 7.10. The molecule has 186 valence electrons. The number of nitriles is 1. The van der Waals surface area contributed by atoms with Crippen LogP contribution in [0, 0.1) is 17.1 Å². The van der Waals surface area contributed by atoms with Crippen LogP contribution in [0.25, 0.3) is 39.1 Å². The van der Waals surface area contributed by atoms with Crippen molar-refractivity contribution in [3.63, 3.8) is 0 Å². The Bertz CT molecular complexity index is 1660. The van der Waals surface area contributed by atoms with Gasteiger partial charge in [-0.25, -0.2) is 18.7 Å². The first-order valence-corrected chi connectivity index (χ1v) is 12.0. The number of nitrogens with one attached hydrogen (secondary N) is 1. The summed E-state index contributed by atoms with van der Waals surface area (Å²) in [5.41, 5.74) is 4.00. The number of aromatic nitrogens is 5. The number of alkyl halides is 1. The van der Waals surface area contributed by atoms with Gasteiger partial charge in [0, 0.05) is 55.1 Å². The average molecular weight is 499 g/mol. The zero-order valence-electron chi connectivity index (χ0n) is 20.4. The summed E-state index contributed by atoms with van der Waals surface area (Å²) in [6.45, 7) is 0.936. The SMILES string of the molecule is CN[C@H]1CN(c2nccn3c(-c4cc5cnn(C)c5cc4F)c(-c4ccc(C#N)cc4)nc23)CC[C@H]1F. The van der Waals surface area contributed by atoms with Crippen LogP contribution in [0.4, 0.5) is 14.6 Å². The third-order valence-corrected chi connectivity index (χ3v) is 7.10. The lowest BCUT2D eigenvalue weighted by Gasteiger charge is -2.35. The molecule has 6 rings (SSSR count). The van der Waals surface area contributed by atoms with E-state index in [2.05, 4.69) is 21.5 Å². The van der Waals surface area contributed by atoms with Crippen LogP contribution < -0.4 is 10.2 Å². The molecule has 0 radical (unpaired) electrons. The summed E-state index contributed by atoms with van der Waals surface area (Å²) in [6.07, 6.45) is 4.56. The number of benzene rings is 2. The predicted octanol–water partition coefficient (Wildman–Crippen LogP) is 4.10. The number of hydrogen-bond donors (Lipinski definition) is 1. The highest BCUT2D eigenvalue weighted by Gasteiger charge is 2.31. The molecule has 1 aliphatic rings. The largest absolute Gasteiger partial charge is 0.352 e. The number of hydrogen-bond acceptors (Lipinski definition) is 6. The van der Waals surface area contributed by atoms with Gasteiger partial charge in [-0.2, -0.15) is 10.4 Å². The van der Waals surface area contributed by atoms with Crippen LogP contribution in [0.3, 0.4) is 0 Å². The maximum absolute atomic E-state index is 15.7. The topological polar surface area (TPSA) is 87.1 Å². The highest BCUT2D eigenvalue weighted by atomic mass is 19.1. The summed E-state index contributed by atoms with van der Waals surface area (Å²) in [5, 5.41) is 17.4. The highest BCUT2D eigenvalue weighted by molar-refractivity contribution is 5.90. The van der Waals surface area contributed by atoms with Crippen LogP contribution in [0.2, 0.25) is 0 Å². The minimum Gasteiger partial charge on any atom is -0.352 e. The Hall–Kier alpha value is -4.36. The van der Waals surface area contributed by atoms with Gasteiger partial charge in [0.2, 0.25) is 0 Å². The molecule has 4 heterocycles. The molecule has 37 heavy (non-hydrogen) atoms. The van der Waals surface area contributed by atoms with Crippen LogP contribution in [0.1, 0.15) is 12.0 Å². The maximum Gasteiger partial charge on any atom is 0.181 e. The fourth-order valence-electron chi connectivity index (χ4n) is 5.09. The smallest absolute Gasteiger partial charge is 0.181 e. The van der Waals surface area contributed by atoms with E-state index in [0.29, 0.717) is 59.0 Å². The first-order chi connectivity index (χ1) is 18.0. The summed E-state index contributed by atoms with van der Waals surface area (Å²) < 4.78 is 33.5. The fraction of sp³-hybridized carbons (Fsp3) is 0.259. The first-order valence-electron chi connectivity index (χ1n) is 12.0. The Balaban J connectivity index is 1.59. The average Bonchev–Trinajstić information content (AvgIpc) is 3.48. The van der Waals surface area contributed by atoms with Gasteiger partial charge in [0.15, 0.2) is 11.5 Å². The van der Waals surface area contributed by atoms with Gasteiger partial charge in [-0.15, -0.1) is 0 Å².